The molecule has 0 aromatic carbocycles. The predicted octanol–water partition coefficient (Wildman–Crippen LogP) is 3.10. The van der Waals surface area contributed by atoms with E-state index in [1.807, 2.05) is 6.92 Å². The van der Waals surface area contributed by atoms with Crippen LogP contribution >= 0.6 is 11.6 Å². The number of carbonyl (C=O) groups is 1. The number of carbonyl (C=O) groups excluding carboxylic acids is 1. The lowest BCUT2D eigenvalue weighted by molar-refractivity contribution is 0.0980. The van der Waals surface area contributed by atoms with E-state index in [2.05, 4.69) is 0 Å². The number of alkyl halides is 1. The van der Waals surface area contributed by atoms with Gasteiger partial charge in [0.2, 0.25) is 0 Å². The second kappa shape index (κ2) is 4.47. The van der Waals surface area contributed by atoms with Crippen LogP contribution in [0.5, 0.6) is 0 Å². The summed E-state index contributed by atoms with van der Waals surface area (Å²) in [6.45, 7) is 3.65. The second-order valence-corrected chi connectivity index (χ2v) is 3.42. The normalized spacial score (nSPS) is 10.4. The van der Waals surface area contributed by atoms with E-state index >= 15 is 0 Å². The fourth-order valence-electron chi connectivity index (χ4n) is 1.27. The van der Waals surface area contributed by atoms with E-state index in [-0.39, 0.29) is 5.78 Å². The molecule has 0 N–H and O–H groups in total. The highest BCUT2D eigenvalue weighted by molar-refractivity contribution is 6.18. The molecule has 0 bridgehead atoms. The van der Waals surface area contributed by atoms with Crippen molar-refractivity contribution < 1.29 is 9.21 Å². The smallest absolute Gasteiger partial charge is 0.166 e. The molecule has 0 spiro atoms. The number of hydrogen-bond acceptors (Lipinski definition) is 2. The number of Topliss-reactive ketones (excluding diaryl/α,β-unsaturated/α-hetero) is 1. The first-order valence-corrected chi connectivity index (χ1v) is 4.85. The number of aryl methyl sites for hydroxylation is 2. The van der Waals surface area contributed by atoms with Crippen LogP contribution in [0.3, 0.4) is 0 Å². The van der Waals surface area contributed by atoms with Crippen LogP contribution in [-0.4, -0.2) is 11.7 Å². The molecule has 0 fully saturated rings. The van der Waals surface area contributed by atoms with Crippen molar-refractivity contribution in [1.29, 1.82) is 0 Å². The first-order valence-electron chi connectivity index (χ1n) is 4.31. The Morgan fingerprint density at radius 2 is 2.23 bits per heavy atom. The van der Waals surface area contributed by atoms with Crippen LogP contribution in [0.2, 0.25) is 0 Å². The number of rotatable bonds is 4. The van der Waals surface area contributed by atoms with Gasteiger partial charge >= 0.3 is 0 Å². The van der Waals surface area contributed by atoms with E-state index in [9.17, 15) is 4.79 Å². The summed E-state index contributed by atoms with van der Waals surface area (Å²) in [5.74, 6) is 2.14. The Balaban J connectivity index is 2.70. The topological polar surface area (TPSA) is 30.2 Å². The highest BCUT2D eigenvalue weighted by Crippen LogP contribution is 2.16. The molecular formula is C10H13ClO2. The van der Waals surface area contributed by atoms with Gasteiger partial charge < -0.3 is 4.42 Å². The summed E-state index contributed by atoms with van der Waals surface area (Å²) in [5, 5.41) is 0. The third-order valence-corrected chi connectivity index (χ3v) is 2.15. The zero-order valence-corrected chi connectivity index (χ0v) is 8.65. The number of halogens is 1. The van der Waals surface area contributed by atoms with Crippen LogP contribution in [-0.2, 0) is 0 Å². The van der Waals surface area contributed by atoms with Crippen LogP contribution in [0.15, 0.2) is 10.5 Å². The van der Waals surface area contributed by atoms with E-state index in [1.165, 1.54) is 0 Å². The molecule has 0 atom stereocenters. The van der Waals surface area contributed by atoms with Crippen molar-refractivity contribution in [2.75, 3.05) is 5.88 Å². The second-order valence-electron chi connectivity index (χ2n) is 3.04. The molecular weight excluding hydrogens is 188 g/mol. The van der Waals surface area contributed by atoms with Gasteiger partial charge in [-0.1, -0.05) is 0 Å². The summed E-state index contributed by atoms with van der Waals surface area (Å²) in [6.07, 6.45) is 1.23. The summed E-state index contributed by atoms with van der Waals surface area (Å²) in [5.41, 5.74) is 0.697. The molecule has 0 saturated heterocycles. The van der Waals surface area contributed by atoms with Gasteiger partial charge in [0.15, 0.2) is 5.78 Å². The molecule has 72 valence electrons. The van der Waals surface area contributed by atoms with Gasteiger partial charge in [0.1, 0.15) is 11.5 Å². The van der Waals surface area contributed by atoms with Crippen LogP contribution < -0.4 is 0 Å². The van der Waals surface area contributed by atoms with Crippen molar-refractivity contribution in [1.82, 2.24) is 0 Å². The number of hydrogen-bond donors (Lipinski definition) is 0. The monoisotopic (exact) mass is 200 g/mol. The van der Waals surface area contributed by atoms with Crippen LogP contribution in [0, 0.1) is 13.8 Å². The largest absolute Gasteiger partial charge is 0.466 e. The summed E-state index contributed by atoms with van der Waals surface area (Å²) in [6, 6.07) is 1.78. The van der Waals surface area contributed by atoms with Gasteiger partial charge in [-0.2, -0.15) is 0 Å². The Hall–Kier alpha value is -0.760. The summed E-state index contributed by atoms with van der Waals surface area (Å²) in [7, 11) is 0. The minimum absolute atomic E-state index is 0.120. The Bertz CT molecular complexity index is 302. The Morgan fingerprint density at radius 1 is 1.54 bits per heavy atom. The minimum Gasteiger partial charge on any atom is -0.466 e. The van der Waals surface area contributed by atoms with Gasteiger partial charge in [-0.05, 0) is 26.3 Å². The number of furan rings is 1. The highest BCUT2D eigenvalue weighted by Gasteiger charge is 2.12. The predicted molar refractivity (Wildman–Crippen MR) is 52.5 cm³/mol. The van der Waals surface area contributed by atoms with E-state index < -0.39 is 0 Å². The molecule has 0 aliphatic carbocycles. The van der Waals surface area contributed by atoms with Gasteiger partial charge in [0.05, 0.1) is 5.56 Å². The van der Waals surface area contributed by atoms with Crippen LogP contribution in [0.25, 0.3) is 0 Å². The Labute approximate surface area is 82.9 Å². The van der Waals surface area contributed by atoms with Crippen molar-refractivity contribution in [2.45, 2.75) is 26.7 Å². The standard InChI is InChI=1S/C10H13ClO2/c1-7-6-9(8(2)13-7)10(12)4-3-5-11/h6H,3-5H2,1-2H3. The van der Waals surface area contributed by atoms with Crippen LogP contribution in [0.1, 0.15) is 34.7 Å². The van der Waals surface area contributed by atoms with Gasteiger partial charge in [0.25, 0.3) is 0 Å². The molecule has 0 amide bonds. The fourth-order valence-corrected chi connectivity index (χ4v) is 1.40. The Morgan fingerprint density at radius 3 is 2.69 bits per heavy atom. The fraction of sp³-hybridized carbons (Fsp3) is 0.500. The highest BCUT2D eigenvalue weighted by atomic mass is 35.5. The quantitative estimate of drug-likeness (QED) is 0.552. The molecule has 1 aromatic rings. The van der Waals surface area contributed by atoms with Crippen molar-refractivity contribution in [3.63, 3.8) is 0 Å². The van der Waals surface area contributed by atoms with Crippen molar-refractivity contribution in [3.8, 4) is 0 Å². The summed E-state index contributed by atoms with van der Waals surface area (Å²) in [4.78, 5) is 11.5. The molecule has 0 saturated carbocycles. The maximum Gasteiger partial charge on any atom is 0.166 e. The zero-order chi connectivity index (χ0) is 9.84. The molecule has 0 aliphatic rings. The maximum absolute atomic E-state index is 11.5. The lowest BCUT2D eigenvalue weighted by Gasteiger charge is -1.95. The minimum atomic E-state index is 0.120. The van der Waals surface area contributed by atoms with Gasteiger partial charge in [-0.3, -0.25) is 4.79 Å². The summed E-state index contributed by atoms with van der Waals surface area (Å²) < 4.78 is 5.26. The van der Waals surface area contributed by atoms with E-state index in [1.54, 1.807) is 13.0 Å². The molecule has 1 heterocycles. The average molecular weight is 201 g/mol. The van der Waals surface area contributed by atoms with Crippen LogP contribution in [0.4, 0.5) is 0 Å². The average Bonchev–Trinajstić information content (AvgIpc) is 2.41. The van der Waals surface area contributed by atoms with Gasteiger partial charge in [0, 0.05) is 12.3 Å². The molecule has 0 radical (unpaired) electrons. The van der Waals surface area contributed by atoms with Gasteiger partial charge in [-0.25, -0.2) is 0 Å². The van der Waals surface area contributed by atoms with E-state index in [0.29, 0.717) is 23.6 Å². The molecule has 2 nitrogen and oxygen atoms in total. The van der Waals surface area contributed by atoms with E-state index in [4.69, 9.17) is 16.0 Å². The SMILES string of the molecule is Cc1cc(C(=O)CCCCl)c(C)o1. The van der Waals surface area contributed by atoms with E-state index in [0.717, 1.165) is 12.2 Å². The Kier molecular flexibility index (Phi) is 3.55. The molecule has 13 heavy (non-hydrogen) atoms. The lowest BCUT2D eigenvalue weighted by atomic mass is 10.1. The van der Waals surface area contributed by atoms with Crippen molar-refractivity contribution in [3.05, 3.63) is 23.2 Å². The first kappa shape index (κ1) is 10.3. The number of ketones is 1. The third kappa shape index (κ3) is 2.59. The lowest BCUT2D eigenvalue weighted by Crippen LogP contribution is -1.99. The molecule has 1 rings (SSSR count). The van der Waals surface area contributed by atoms with Gasteiger partial charge in [-0.15, -0.1) is 11.6 Å². The maximum atomic E-state index is 11.5. The summed E-state index contributed by atoms with van der Waals surface area (Å²) >= 11 is 5.50. The third-order valence-electron chi connectivity index (χ3n) is 1.88. The molecule has 0 unspecified atom stereocenters. The van der Waals surface area contributed by atoms with Crippen molar-refractivity contribution in [2.24, 2.45) is 0 Å². The first-order chi connectivity index (χ1) is 6.15. The molecule has 3 heteroatoms. The molecule has 0 aliphatic heterocycles. The van der Waals surface area contributed by atoms with Crippen molar-refractivity contribution >= 4 is 17.4 Å². The molecule has 1 aromatic heterocycles. The zero-order valence-electron chi connectivity index (χ0n) is 7.89.